The fourth-order valence-electron chi connectivity index (χ4n) is 2.79. The zero-order valence-electron chi connectivity index (χ0n) is 12.0. The van der Waals surface area contributed by atoms with Crippen molar-refractivity contribution in [2.24, 2.45) is 5.92 Å². The zero-order valence-corrected chi connectivity index (χ0v) is 12.0. The maximum absolute atomic E-state index is 9.67. The molecule has 0 aromatic carbocycles. The summed E-state index contributed by atoms with van der Waals surface area (Å²) in [6.07, 6.45) is 3.60. The van der Waals surface area contributed by atoms with Gasteiger partial charge in [0.2, 0.25) is 0 Å². The van der Waals surface area contributed by atoms with E-state index < -0.39 is 0 Å². The van der Waals surface area contributed by atoms with Crippen LogP contribution in [-0.2, 0) is 0 Å². The SMILES string of the molecule is CC(C)CN1CCN(C(CO)c2ccncc2)CC1. The number of hydrogen-bond acceptors (Lipinski definition) is 4. The number of rotatable bonds is 5. The number of aromatic nitrogens is 1. The highest BCUT2D eigenvalue weighted by Crippen LogP contribution is 2.21. The first-order chi connectivity index (χ1) is 9.20. The second-order valence-corrected chi connectivity index (χ2v) is 5.71. The van der Waals surface area contributed by atoms with Crippen molar-refractivity contribution >= 4 is 0 Å². The Labute approximate surface area is 116 Å². The number of pyridine rings is 1. The lowest BCUT2D eigenvalue weighted by molar-refractivity contribution is 0.0606. The highest BCUT2D eigenvalue weighted by atomic mass is 16.3. The summed E-state index contributed by atoms with van der Waals surface area (Å²) in [6, 6.07) is 4.12. The number of nitrogens with zero attached hydrogens (tertiary/aromatic N) is 3. The van der Waals surface area contributed by atoms with Crippen LogP contribution in [0.4, 0.5) is 0 Å². The predicted molar refractivity (Wildman–Crippen MR) is 76.9 cm³/mol. The molecule has 1 aromatic rings. The highest BCUT2D eigenvalue weighted by molar-refractivity contribution is 5.15. The summed E-state index contributed by atoms with van der Waals surface area (Å²) in [5.74, 6) is 0.723. The molecule has 106 valence electrons. The Morgan fingerprint density at radius 2 is 1.79 bits per heavy atom. The minimum atomic E-state index is 0.115. The van der Waals surface area contributed by atoms with Crippen LogP contribution in [0.1, 0.15) is 25.5 Å². The average molecular weight is 263 g/mol. The van der Waals surface area contributed by atoms with Gasteiger partial charge in [-0.25, -0.2) is 0 Å². The van der Waals surface area contributed by atoms with Crippen molar-refractivity contribution in [3.05, 3.63) is 30.1 Å². The van der Waals surface area contributed by atoms with E-state index in [0.717, 1.165) is 37.7 Å². The average Bonchev–Trinajstić information content (AvgIpc) is 2.42. The molecule has 0 amide bonds. The first-order valence-electron chi connectivity index (χ1n) is 7.18. The molecule has 0 spiro atoms. The lowest BCUT2D eigenvalue weighted by Gasteiger charge is -2.39. The van der Waals surface area contributed by atoms with Crippen LogP contribution in [-0.4, -0.2) is 59.2 Å². The molecule has 1 aromatic heterocycles. The molecule has 0 radical (unpaired) electrons. The van der Waals surface area contributed by atoms with E-state index in [2.05, 4.69) is 28.6 Å². The van der Waals surface area contributed by atoms with Gasteiger partial charge in [0, 0.05) is 45.1 Å². The van der Waals surface area contributed by atoms with E-state index in [1.165, 1.54) is 6.54 Å². The van der Waals surface area contributed by atoms with Gasteiger partial charge in [0.05, 0.1) is 12.6 Å². The molecule has 4 nitrogen and oxygen atoms in total. The van der Waals surface area contributed by atoms with E-state index in [4.69, 9.17) is 0 Å². The molecule has 1 atom stereocenters. The van der Waals surface area contributed by atoms with Crippen molar-refractivity contribution in [2.45, 2.75) is 19.9 Å². The fourth-order valence-corrected chi connectivity index (χ4v) is 2.79. The van der Waals surface area contributed by atoms with E-state index >= 15 is 0 Å². The number of aliphatic hydroxyl groups is 1. The van der Waals surface area contributed by atoms with Gasteiger partial charge in [-0.3, -0.25) is 9.88 Å². The summed E-state index contributed by atoms with van der Waals surface area (Å²) in [5, 5.41) is 9.67. The molecule has 2 heterocycles. The van der Waals surface area contributed by atoms with Crippen LogP contribution in [0.5, 0.6) is 0 Å². The predicted octanol–water partition coefficient (Wildman–Crippen LogP) is 1.39. The summed E-state index contributed by atoms with van der Waals surface area (Å²) >= 11 is 0. The molecule has 4 heteroatoms. The van der Waals surface area contributed by atoms with E-state index in [0.29, 0.717) is 0 Å². The smallest absolute Gasteiger partial charge is 0.0628 e. The monoisotopic (exact) mass is 263 g/mol. The van der Waals surface area contributed by atoms with Crippen molar-refractivity contribution < 1.29 is 5.11 Å². The Kier molecular flexibility index (Phi) is 5.31. The molecule has 0 bridgehead atoms. The summed E-state index contributed by atoms with van der Waals surface area (Å²) in [5.41, 5.74) is 1.16. The Morgan fingerprint density at radius 1 is 1.16 bits per heavy atom. The molecule has 1 unspecified atom stereocenters. The first-order valence-corrected chi connectivity index (χ1v) is 7.18. The standard InChI is InChI=1S/C15H25N3O/c1-13(2)11-17-7-9-18(10-8-17)15(12-19)14-3-5-16-6-4-14/h3-6,13,15,19H,7-12H2,1-2H3. The van der Waals surface area contributed by atoms with Crippen LogP contribution in [0.3, 0.4) is 0 Å². The van der Waals surface area contributed by atoms with E-state index in [1.54, 1.807) is 12.4 Å². The van der Waals surface area contributed by atoms with Crippen molar-refractivity contribution in [3.63, 3.8) is 0 Å². The molecule has 0 saturated carbocycles. The Hall–Kier alpha value is -0.970. The van der Waals surface area contributed by atoms with Gasteiger partial charge in [-0.1, -0.05) is 13.8 Å². The van der Waals surface area contributed by atoms with Gasteiger partial charge < -0.3 is 10.0 Å². The van der Waals surface area contributed by atoms with Crippen LogP contribution in [0, 0.1) is 5.92 Å². The maximum atomic E-state index is 9.67. The van der Waals surface area contributed by atoms with Crippen LogP contribution < -0.4 is 0 Å². The Morgan fingerprint density at radius 3 is 2.32 bits per heavy atom. The maximum Gasteiger partial charge on any atom is 0.0628 e. The molecule has 1 fully saturated rings. The molecule has 19 heavy (non-hydrogen) atoms. The van der Waals surface area contributed by atoms with Gasteiger partial charge in [-0.2, -0.15) is 0 Å². The molecular formula is C15H25N3O. The highest BCUT2D eigenvalue weighted by Gasteiger charge is 2.24. The van der Waals surface area contributed by atoms with Crippen LogP contribution in [0.25, 0.3) is 0 Å². The number of hydrogen-bond donors (Lipinski definition) is 1. The topological polar surface area (TPSA) is 39.6 Å². The Bertz CT molecular complexity index is 361. The lowest BCUT2D eigenvalue weighted by atomic mass is 10.1. The molecule has 1 aliphatic heterocycles. The van der Waals surface area contributed by atoms with E-state index in [9.17, 15) is 5.11 Å². The first kappa shape index (κ1) is 14.4. The van der Waals surface area contributed by atoms with Gasteiger partial charge in [-0.15, -0.1) is 0 Å². The number of aliphatic hydroxyl groups excluding tert-OH is 1. The molecule has 0 aliphatic carbocycles. The fraction of sp³-hybridized carbons (Fsp3) is 0.667. The molecule has 1 N–H and O–H groups in total. The van der Waals surface area contributed by atoms with E-state index in [-0.39, 0.29) is 12.6 Å². The molecule has 1 aliphatic rings. The molecular weight excluding hydrogens is 238 g/mol. The minimum absolute atomic E-state index is 0.115. The molecule has 2 rings (SSSR count). The second kappa shape index (κ2) is 6.98. The molecule has 1 saturated heterocycles. The summed E-state index contributed by atoms with van der Waals surface area (Å²) < 4.78 is 0. The normalized spacial score (nSPS) is 19.8. The Balaban J connectivity index is 1.92. The minimum Gasteiger partial charge on any atom is -0.394 e. The van der Waals surface area contributed by atoms with Gasteiger partial charge in [0.1, 0.15) is 0 Å². The lowest BCUT2D eigenvalue weighted by Crippen LogP contribution is -2.49. The van der Waals surface area contributed by atoms with Crippen molar-refractivity contribution in [1.29, 1.82) is 0 Å². The summed E-state index contributed by atoms with van der Waals surface area (Å²) in [4.78, 5) is 8.94. The van der Waals surface area contributed by atoms with Crippen LogP contribution in [0.2, 0.25) is 0 Å². The zero-order chi connectivity index (χ0) is 13.7. The van der Waals surface area contributed by atoms with E-state index in [1.807, 2.05) is 12.1 Å². The third-order valence-corrected chi connectivity index (χ3v) is 3.73. The van der Waals surface area contributed by atoms with Gasteiger partial charge in [-0.05, 0) is 23.6 Å². The van der Waals surface area contributed by atoms with Crippen molar-refractivity contribution in [2.75, 3.05) is 39.3 Å². The summed E-state index contributed by atoms with van der Waals surface area (Å²) in [7, 11) is 0. The third kappa shape index (κ3) is 4.00. The van der Waals surface area contributed by atoms with Gasteiger partial charge in [0.15, 0.2) is 0 Å². The van der Waals surface area contributed by atoms with Crippen molar-refractivity contribution in [3.8, 4) is 0 Å². The third-order valence-electron chi connectivity index (χ3n) is 3.73. The van der Waals surface area contributed by atoms with Crippen molar-refractivity contribution in [1.82, 2.24) is 14.8 Å². The number of piperazine rings is 1. The van der Waals surface area contributed by atoms with Crippen LogP contribution >= 0.6 is 0 Å². The summed E-state index contributed by atoms with van der Waals surface area (Å²) in [6.45, 7) is 10.1. The quantitative estimate of drug-likeness (QED) is 0.871. The van der Waals surface area contributed by atoms with Gasteiger partial charge in [0.25, 0.3) is 0 Å². The van der Waals surface area contributed by atoms with Gasteiger partial charge >= 0.3 is 0 Å². The largest absolute Gasteiger partial charge is 0.394 e. The second-order valence-electron chi connectivity index (χ2n) is 5.71. The van der Waals surface area contributed by atoms with Crippen LogP contribution in [0.15, 0.2) is 24.5 Å².